The van der Waals surface area contributed by atoms with Crippen LogP contribution in [-0.4, -0.2) is 63.4 Å². The Hall–Kier alpha value is -1.99. The van der Waals surface area contributed by atoms with E-state index in [0.29, 0.717) is 10.7 Å². The van der Waals surface area contributed by atoms with Crippen LogP contribution in [0.5, 0.6) is 11.5 Å². The quantitative estimate of drug-likeness (QED) is 0.807. The van der Waals surface area contributed by atoms with Crippen molar-refractivity contribution in [2.75, 3.05) is 47.4 Å². The average Bonchev–Trinajstić information content (AvgIpc) is 2.96. The summed E-state index contributed by atoms with van der Waals surface area (Å²) in [5.41, 5.74) is 0.812. The van der Waals surface area contributed by atoms with Gasteiger partial charge in [0.1, 0.15) is 11.5 Å². The number of nitrogens with one attached hydrogen (secondary N) is 1. The zero-order valence-electron chi connectivity index (χ0n) is 14.2. The van der Waals surface area contributed by atoms with Gasteiger partial charge >= 0.3 is 0 Å². The molecule has 1 aromatic carbocycles. The zero-order valence-corrected chi connectivity index (χ0v) is 15.0. The molecule has 1 saturated heterocycles. The Morgan fingerprint density at radius 1 is 1.25 bits per heavy atom. The second kappa shape index (κ2) is 7.27. The van der Waals surface area contributed by atoms with Crippen molar-refractivity contribution in [3.63, 3.8) is 0 Å². The normalized spacial score (nSPS) is 20.5. The van der Waals surface area contributed by atoms with Gasteiger partial charge in [-0.15, -0.1) is 0 Å². The number of amidine groups is 1. The highest BCUT2D eigenvalue weighted by molar-refractivity contribution is 8.18. The number of hydrogen-bond acceptors (Lipinski definition) is 5. The molecule has 0 radical (unpaired) electrons. The number of rotatable bonds is 3. The number of hydrogen-bond donors (Lipinski definition) is 1. The van der Waals surface area contributed by atoms with E-state index < -0.39 is 0 Å². The number of nitrogens with zero attached hydrogens (tertiary/aromatic N) is 2. The summed E-state index contributed by atoms with van der Waals surface area (Å²) in [4.78, 5) is 20.8. The molecule has 6 nitrogen and oxygen atoms in total. The third-order valence-electron chi connectivity index (χ3n) is 4.22. The number of thioether (sulfide) groups is 1. The number of ether oxygens (including phenoxy) is 2. The molecular formula is C17H22N3O3S+. The maximum Gasteiger partial charge on any atom is 0.286 e. The molecule has 1 amide bonds. The molecule has 0 atom stereocenters. The van der Waals surface area contributed by atoms with Crippen molar-refractivity contribution in [3.05, 3.63) is 28.7 Å². The number of likely N-dealkylation sites (N-methyl/N-ethyl adjacent to an activating group) is 1. The van der Waals surface area contributed by atoms with Gasteiger partial charge in [-0.1, -0.05) is 0 Å². The van der Waals surface area contributed by atoms with Gasteiger partial charge in [-0.3, -0.25) is 4.79 Å². The van der Waals surface area contributed by atoms with Crippen LogP contribution in [0.3, 0.4) is 0 Å². The van der Waals surface area contributed by atoms with Crippen LogP contribution in [-0.2, 0) is 4.79 Å². The molecule has 1 aromatic rings. The van der Waals surface area contributed by atoms with Crippen molar-refractivity contribution in [1.29, 1.82) is 0 Å². The van der Waals surface area contributed by atoms with E-state index in [0.717, 1.165) is 42.7 Å². The van der Waals surface area contributed by atoms with Gasteiger partial charge < -0.3 is 19.3 Å². The Bertz CT molecular complexity index is 694. The molecule has 24 heavy (non-hydrogen) atoms. The van der Waals surface area contributed by atoms with Gasteiger partial charge in [0.05, 0.1) is 52.4 Å². The van der Waals surface area contributed by atoms with E-state index in [2.05, 4.69) is 16.9 Å². The Morgan fingerprint density at radius 3 is 2.67 bits per heavy atom. The summed E-state index contributed by atoms with van der Waals surface area (Å²) in [7, 11) is 5.42. The highest BCUT2D eigenvalue weighted by Crippen LogP contribution is 2.33. The molecule has 0 saturated carbocycles. The van der Waals surface area contributed by atoms with Crippen LogP contribution < -0.4 is 14.4 Å². The third kappa shape index (κ3) is 3.57. The van der Waals surface area contributed by atoms with Crippen molar-refractivity contribution in [2.24, 2.45) is 4.99 Å². The number of benzene rings is 1. The Kier molecular flexibility index (Phi) is 5.11. The van der Waals surface area contributed by atoms with E-state index in [-0.39, 0.29) is 5.91 Å². The maximum atomic E-state index is 12.3. The first-order valence-electron chi connectivity index (χ1n) is 7.91. The summed E-state index contributed by atoms with van der Waals surface area (Å²) in [5, 5.41) is 0.806. The first kappa shape index (κ1) is 16.9. The lowest BCUT2D eigenvalue weighted by Crippen LogP contribution is -3.12. The predicted octanol–water partition coefficient (Wildman–Crippen LogP) is 0.504. The summed E-state index contributed by atoms with van der Waals surface area (Å²) < 4.78 is 10.6. The molecule has 1 N–H and O–H groups in total. The number of piperazine rings is 1. The number of methoxy groups -OCH3 is 2. The lowest BCUT2D eigenvalue weighted by molar-refractivity contribution is -0.883. The van der Waals surface area contributed by atoms with E-state index in [9.17, 15) is 4.79 Å². The van der Waals surface area contributed by atoms with Crippen LogP contribution in [0.1, 0.15) is 5.56 Å². The van der Waals surface area contributed by atoms with E-state index in [1.54, 1.807) is 14.2 Å². The number of carbonyl (C=O) groups excluding carboxylic acids is 1. The first-order chi connectivity index (χ1) is 11.6. The molecule has 7 heteroatoms. The Balaban J connectivity index is 1.79. The molecule has 0 spiro atoms. The standard InChI is InChI=1S/C17H21N3O3S/c1-19-6-8-20(9-7-19)17-18-16(21)15(24-17)11-12-10-13(22-2)4-5-14(12)23-3/h4-5,10-11H,6-9H2,1-3H3/p+1. The summed E-state index contributed by atoms with van der Waals surface area (Å²) in [6, 6.07) is 5.52. The fourth-order valence-electron chi connectivity index (χ4n) is 2.71. The highest BCUT2D eigenvalue weighted by Gasteiger charge is 2.29. The van der Waals surface area contributed by atoms with E-state index in [1.165, 1.54) is 16.7 Å². The first-order valence-corrected chi connectivity index (χ1v) is 8.73. The average molecular weight is 348 g/mol. The monoisotopic (exact) mass is 348 g/mol. The van der Waals surface area contributed by atoms with Crippen LogP contribution in [0.2, 0.25) is 0 Å². The molecule has 2 aliphatic rings. The number of carbonyl (C=O) groups is 1. The minimum absolute atomic E-state index is 0.189. The Morgan fingerprint density at radius 2 is 2.00 bits per heavy atom. The number of quaternary nitrogens is 1. The van der Waals surface area contributed by atoms with Crippen LogP contribution in [0.4, 0.5) is 0 Å². The molecule has 0 aromatic heterocycles. The van der Waals surface area contributed by atoms with Crippen LogP contribution in [0, 0.1) is 0 Å². The fraction of sp³-hybridized carbons (Fsp3) is 0.412. The molecule has 2 aliphatic heterocycles. The summed E-state index contributed by atoms with van der Waals surface area (Å²) in [6.45, 7) is 3.99. The summed E-state index contributed by atoms with van der Waals surface area (Å²) in [5.74, 6) is 1.24. The van der Waals surface area contributed by atoms with Gasteiger partial charge in [0.15, 0.2) is 5.17 Å². The molecule has 0 bridgehead atoms. The van der Waals surface area contributed by atoms with Gasteiger partial charge in [-0.2, -0.15) is 4.99 Å². The molecular weight excluding hydrogens is 326 g/mol. The third-order valence-corrected chi connectivity index (χ3v) is 5.26. The molecule has 1 fully saturated rings. The minimum atomic E-state index is -0.189. The van der Waals surface area contributed by atoms with Crippen LogP contribution >= 0.6 is 11.8 Å². The van der Waals surface area contributed by atoms with Crippen molar-refractivity contribution in [2.45, 2.75) is 0 Å². The predicted molar refractivity (Wildman–Crippen MR) is 95.7 cm³/mol. The molecule has 128 valence electrons. The van der Waals surface area contributed by atoms with Crippen molar-refractivity contribution >= 4 is 28.9 Å². The van der Waals surface area contributed by atoms with Crippen LogP contribution in [0.15, 0.2) is 28.1 Å². The molecule has 0 unspecified atom stereocenters. The van der Waals surface area contributed by atoms with Gasteiger partial charge in [0.25, 0.3) is 5.91 Å². The second-order valence-electron chi connectivity index (χ2n) is 5.86. The van der Waals surface area contributed by atoms with Crippen molar-refractivity contribution in [3.8, 4) is 11.5 Å². The lowest BCUT2D eigenvalue weighted by Gasteiger charge is -2.30. The second-order valence-corrected chi connectivity index (χ2v) is 6.87. The minimum Gasteiger partial charge on any atom is -0.497 e. The smallest absolute Gasteiger partial charge is 0.286 e. The van der Waals surface area contributed by atoms with E-state index in [4.69, 9.17) is 9.47 Å². The van der Waals surface area contributed by atoms with Gasteiger partial charge in [0.2, 0.25) is 0 Å². The number of aliphatic imine (C=N–C) groups is 1. The SMILES string of the molecule is COc1ccc(OC)c(C=C2SC(N3CC[NH+](C)CC3)=NC2=O)c1. The van der Waals surface area contributed by atoms with Crippen molar-refractivity contribution in [1.82, 2.24) is 4.90 Å². The molecule has 0 aliphatic carbocycles. The maximum absolute atomic E-state index is 12.3. The molecule has 2 heterocycles. The topological polar surface area (TPSA) is 55.6 Å². The summed E-state index contributed by atoms with van der Waals surface area (Å²) >= 11 is 1.44. The van der Waals surface area contributed by atoms with E-state index in [1.807, 2.05) is 24.3 Å². The lowest BCUT2D eigenvalue weighted by atomic mass is 10.1. The van der Waals surface area contributed by atoms with Gasteiger partial charge in [-0.25, -0.2) is 0 Å². The Labute approximate surface area is 146 Å². The largest absolute Gasteiger partial charge is 0.497 e. The summed E-state index contributed by atoms with van der Waals surface area (Å²) in [6.07, 6.45) is 1.83. The van der Waals surface area contributed by atoms with Crippen molar-refractivity contribution < 1.29 is 19.2 Å². The van der Waals surface area contributed by atoms with Gasteiger partial charge in [-0.05, 0) is 36.0 Å². The molecule has 3 rings (SSSR count). The van der Waals surface area contributed by atoms with E-state index >= 15 is 0 Å². The fourth-order valence-corrected chi connectivity index (χ4v) is 3.66. The van der Waals surface area contributed by atoms with Crippen LogP contribution in [0.25, 0.3) is 6.08 Å². The highest BCUT2D eigenvalue weighted by atomic mass is 32.2. The number of amides is 1. The van der Waals surface area contributed by atoms with Gasteiger partial charge in [0, 0.05) is 5.56 Å². The zero-order chi connectivity index (χ0) is 17.1.